The van der Waals surface area contributed by atoms with Gasteiger partial charge in [-0.15, -0.1) is 0 Å². The van der Waals surface area contributed by atoms with Gasteiger partial charge in [0, 0.05) is 11.4 Å². The Balaban J connectivity index is 3.17. The SMILES string of the molecule is [NH]c1cc(N)cc(N)c1. The molecule has 0 aliphatic heterocycles. The third kappa shape index (κ3) is 1.25. The lowest BCUT2D eigenvalue weighted by atomic mass is 10.2. The van der Waals surface area contributed by atoms with Gasteiger partial charge in [-0.2, -0.15) is 0 Å². The minimum atomic E-state index is 0.354. The van der Waals surface area contributed by atoms with E-state index in [0.717, 1.165) is 0 Å². The first-order valence-electron chi connectivity index (χ1n) is 2.56. The molecule has 0 bridgehead atoms. The molecular weight excluding hydrogens is 114 g/mol. The van der Waals surface area contributed by atoms with Gasteiger partial charge >= 0.3 is 0 Å². The molecule has 0 unspecified atom stereocenters. The lowest BCUT2D eigenvalue weighted by molar-refractivity contribution is 1.48. The standard InChI is InChI=1S/C6H8N3/c7-4-1-5(8)3-6(9)2-4/h1-3,7H,8-9H2. The fourth-order valence-corrected chi connectivity index (χ4v) is 0.677. The summed E-state index contributed by atoms with van der Waals surface area (Å²) in [5.41, 5.74) is 19.3. The third-order valence-electron chi connectivity index (χ3n) is 0.978. The fraction of sp³-hybridized carbons (Fsp3) is 0. The molecule has 0 fully saturated rings. The molecule has 0 aromatic heterocycles. The summed E-state index contributed by atoms with van der Waals surface area (Å²) in [6.45, 7) is 0. The van der Waals surface area contributed by atoms with Crippen LogP contribution in [0.25, 0.3) is 0 Å². The van der Waals surface area contributed by atoms with Crippen molar-refractivity contribution in [3.05, 3.63) is 18.2 Å². The number of hydrogen-bond donors (Lipinski definition) is 2. The molecule has 0 aliphatic carbocycles. The zero-order valence-corrected chi connectivity index (χ0v) is 4.89. The van der Waals surface area contributed by atoms with Crippen LogP contribution in [0.2, 0.25) is 0 Å². The smallest absolute Gasteiger partial charge is 0.0580 e. The quantitative estimate of drug-likeness (QED) is 0.498. The van der Waals surface area contributed by atoms with E-state index in [1.807, 2.05) is 0 Å². The Labute approximate surface area is 53.5 Å². The predicted octanol–water partition coefficient (Wildman–Crippen LogP) is 0.765. The zero-order chi connectivity index (χ0) is 6.85. The van der Waals surface area contributed by atoms with Crippen molar-refractivity contribution in [1.29, 1.82) is 0 Å². The number of nitrogens with two attached hydrogens (primary N) is 2. The second kappa shape index (κ2) is 1.85. The molecule has 5 N–H and O–H groups in total. The molecule has 0 amide bonds. The van der Waals surface area contributed by atoms with Gasteiger partial charge in [-0.1, -0.05) is 0 Å². The molecule has 0 saturated carbocycles. The maximum atomic E-state index is 7.12. The van der Waals surface area contributed by atoms with Gasteiger partial charge in [0.15, 0.2) is 0 Å². The highest BCUT2D eigenvalue weighted by Crippen LogP contribution is 2.15. The van der Waals surface area contributed by atoms with Crippen molar-refractivity contribution in [2.24, 2.45) is 0 Å². The Kier molecular flexibility index (Phi) is 1.18. The Bertz CT molecular complexity index is 169. The van der Waals surface area contributed by atoms with Crippen LogP contribution in [0.5, 0.6) is 0 Å². The van der Waals surface area contributed by atoms with Gasteiger partial charge < -0.3 is 17.2 Å². The van der Waals surface area contributed by atoms with Gasteiger partial charge in [-0.05, 0) is 18.2 Å². The summed E-state index contributed by atoms with van der Waals surface area (Å²) in [7, 11) is 0. The van der Waals surface area contributed by atoms with Crippen molar-refractivity contribution in [2.75, 3.05) is 11.5 Å². The van der Waals surface area contributed by atoms with Gasteiger partial charge in [-0.25, -0.2) is 0 Å². The number of rotatable bonds is 0. The van der Waals surface area contributed by atoms with Gasteiger partial charge in [0.1, 0.15) is 0 Å². The average Bonchev–Trinajstić information content (AvgIpc) is 1.59. The molecule has 0 aliphatic rings. The number of benzene rings is 1. The molecular formula is C6H8N3. The van der Waals surface area contributed by atoms with Gasteiger partial charge in [0.2, 0.25) is 0 Å². The van der Waals surface area contributed by atoms with Crippen molar-refractivity contribution >= 4 is 17.1 Å². The lowest BCUT2D eigenvalue weighted by Gasteiger charge is -1.96. The van der Waals surface area contributed by atoms with E-state index in [2.05, 4.69) is 0 Å². The lowest BCUT2D eigenvalue weighted by Crippen LogP contribution is -1.89. The predicted molar refractivity (Wildman–Crippen MR) is 38.0 cm³/mol. The average molecular weight is 122 g/mol. The largest absolute Gasteiger partial charge is 0.399 e. The second-order valence-corrected chi connectivity index (χ2v) is 1.89. The first-order chi connectivity index (χ1) is 4.18. The van der Waals surface area contributed by atoms with Gasteiger partial charge in [0.05, 0.1) is 5.69 Å². The molecule has 0 heterocycles. The van der Waals surface area contributed by atoms with Crippen molar-refractivity contribution in [1.82, 2.24) is 5.73 Å². The summed E-state index contributed by atoms with van der Waals surface area (Å²) in [5, 5.41) is 0. The first-order valence-corrected chi connectivity index (χ1v) is 2.56. The summed E-state index contributed by atoms with van der Waals surface area (Å²) in [4.78, 5) is 0. The van der Waals surface area contributed by atoms with Crippen LogP contribution >= 0.6 is 0 Å². The summed E-state index contributed by atoms with van der Waals surface area (Å²) < 4.78 is 0. The molecule has 3 nitrogen and oxygen atoms in total. The summed E-state index contributed by atoms with van der Waals surface area (Å²) >= 11 is 0. The normalized spacial score (nSPS) is 9.33. The van der Waals surface area contributed by atoms with Crippen LogP contribution in [-0.4, -0.2) is 0 Å². The molecule has 1 aromatic carbocycles. The molecule has 0 atom stereocenters. The van der Waals surface area contributed by atoms with Crippen molar-refractivity contribution in [3.8, 4) is 0 Å². The van der Waals surface area contributed by atoms with Crippen molar-refractivity contribution in [2.45, 2.75) is 0 Å². The van der Waals surface area contributed by atoms with E-state index in [1.54, 1.807) is 18.2 Å². The maximum absolute atomic E-state index is 7.12. The molecule has 0 saturated heterocycles. The first kappa shape index (κ1) is 5.75. The van der Waals surface area contributed by atoms with E-state index in [1.165, 1.54) is 0 Å². The molecule has 47 valence electrons. The molecule has 1 rings (SSSR count). The Morgan fingerprint density at radius 3 is 1.78 bits per heavy atom. The molecule has 9 heavy (non-hydrogen) atoms. The van der Waals surface area contributed by atoms with Crippen LogP contribution < -0.4 is 17.2 Å². The van der Waals surface area contributed by atoms with E-state index < -0.39 is 0 Å². The maximum Gasteiger partial charge on any atom is 0.0580 e. The van der Waals surface area contributed by atoms with E-state index >= 15 is 0 Å². The molecule has 1 aromatic rings. The van der Waals surface area contributed by atoms with E-state index in [-0.39, 0.29) is 0 Å². The fourth-order valence-electron chi connectivity index (χ4n) is 0.677. The Morgan fingerprint density at radius 2 is 1.44 bits per heavy atom. The van der Waals surface area contributed by atoms with Crippen LogP contribution in [0.4, 0.5) is 17.1 Å². The van der Waals surface area contributed by atoms with Gasteiger partial charge in [-0.3, -0.25) is 0 Å². The Hall–Kier alpha value is -1.38. The topological polar surface area (TPSA) is 75.8 Å². The van der Waals surface area contributed by atoms with Crippen LogP contribution in [0, 0.1) is 0 Å². The minimum absolute atomic E-state index is 0.354. The number of anilines is 2. The Morgan fingerprint density at radius 1 is 1.00 bits per heavy atom. The number of nitrogens with one attached hydrogen (secondary N) is 1. The van der Waals surface area contributed by atoms with Crippen LogP contribution in [0.15, 0.2) is 18.2 Å². The number of hydrogen-bond acceptors (Lipinski definition) is 2. The highest BCUT2D eigenvalue weighted by atomic mass is 14.6. The van der Waals surface area contributed by atoms with Crippen LogP contribution in [0.1, 0.15) is 0 Å². The zero-order valence-electron chi connectivity index (χ0n) is 4.89. The van der Waals surface area contributed by atoms with E-state index in [4.69, 9.17) is 17.2 Å². The molecule has 3 heteroatoms. The highest BCUT2D eigenvalue weighted by Gasteiger charge is 1.89. The third-order valence-corrected chi connectivity index (χ3v) is 0.978. The van der Waals surface area contributed by atoms with E-state index in [0.29, 0.717) is 17.1 Å². The van der Waals surface area contributed by atoms with Crippen molar-refractivity contribution < 1.29 is 0 Å². The summed E-state index contributed by atoms with van der Waals surface area (Å²) in [6.07, 6.45) is 0. The minimum Gasteiger partial charge on any atom is -0.399 e. The van der Waals surface area contributed by atoms with Crippen molar-refractivity contribution in [3.63, 3.8) is 0 Å². The molecule has 1 radical (unpaired) electrons. The summed E-state index contributed by atoms with van der Waals surface area (Å²) in [6, 6.07) is 4.73. The number of nitrogen functional groups attached to an aromatic ring is 2. The second-order valence-electron chi connectivity index (χ2n) is 1.89. The van der Waals surface area contributed by atoms with E-state index in [9.17, 15) is 0 Å². The van der Waals surface area contributed by atoms with Gasteiger partial charge in [0.25, 0.3) is 0 Å². The highest BCUT2D eigenvalue weighted by molar-refractivity contribution is 5.60. The van der Waals surface area contributed by atoms with Crippen LogP contribution in [0.3, 0.4) is 0 Å². The monoisotopic (exact) mass is 122 g/mol. The summed E-state index contributed by atoms with van der Waals surface area (Å²) in [5.74, 6) is 0. The molecule has 0 spiro atoms. The van der Waals surface area contributed by atoms with Crippen LogP contribution in [-0.2, 0) is 0 Å².